The van der Waals surface area contributed by atoms with Gasteiger partial charge in [-0.15, -0.1) is 0 Å². The van der Waals surface area contributed by atoms with Gasteiger partial charge in [-0.25, -0.2) is 0 Å². The molecule has 0 aliphatic heterocycles. The molecule has 0 aliphatic rings. The fourth-order valence-corrected chi connectivity index (χ4v) is 1.23. The average molecular weight is 194 g/mol. The second kappa shape index (κ2) is 3.69. The first-order valence-corrected chi connectivity index (χ1v) is 4.22. The molecule has 0 saturated heterocycles. The standard InChI is InChI=1S/C10H10O4/c11-9(7-3-1-5-13-7)10(12)8-4-2-6-14-8/h1-6,9-12H/t9-,10-/m0/s1. The summed E-state index contributed by atoms with van der Waals surface area (Å²) in [5.74, 6) is 0.628. The molecule has 0 aromatic carbocycles. The van der Waals surface area contributed by atoms with E-state index in [0.717, 1.165) is 0 Å². The predicted molar refractivity (Wildman–Crippen MR) is 47.3 cm³/mol. The Morgan fingerprint density at radius 2 is 1.29 bits per heavy atom. The molecule has 0 bridgehead atoms. The topological polar surface area (TPSA) is 66.7 Å². The largest absolute Gasteiger partial charge is 0.466 e. The van der Waals surface area contributed by atoms with Crippen LogP contribution in [0.5, 0.6) is 0 Å². The molecular weight excluding hydrogens is 184 g/mol. The van der Waals surface area contributed by atoms with Gasteiger partial charge < -0.3 is 19.0 Å². The molecule has 0 aliphatic carbocycles. The number of hydrogen-bond donors (Lipinski definition) is 2. The van der Waals surface area contributed by atoms with Crippen LogP contribution in [0.3, 0.4) is 0 Å². The highest BCUT2D eigenvalue weighted by atomic mass is 16.4. The lowest BCUT2D eigenvalue weighted by Crippen LogP contribution is -2.08. The number of aliphatic hydroxyl groups excluding tert-OH is 2. The highest BCUT2D eigenvalue weighted by Gasteiger charge is 2.24. The molecule has 2 heterocycles. The molecule has 2 aromatic rings. The van der Waals surface area contributed by atoms with Gasteiger partial charge in [0.05, 0.1) is 12.5 Å². The van der Waals surface area contributed by atoms with Gasteiger partial charge in [-0.2, -0.15) is 0 Å². The summed E-state index contributed by atoms with van der Waals surface area (Å²) in [5.41, 5.74) is 0. The quantitative estimate of drug-likeness (QED) is 0.779. The Labute approximate surface area is 80.4 Å². The van der Waals surface area contributed by atoms with E-state index < -0.39 is 12.2 Å². The maximum Gasteiger partial charge on any atom is 0.145 e. The van der Waals surface area contributed by atoms with E-state index in [0.29, 0.717) is 11.5 Å². The van der Waals surface area contributed by atoms with Crippen molar-refractivity contribution in [2.24, 2.45) is 0 Å². The SMILES string of the molecule is O[C@@H](c1ccco1)[C@@H](O)c1ccco1. The van der Waals surface area contributed by atoms with Gasteiger partial charge in [0.1, 0.15) is 23.7 Å². The maximum absolute atomic E-state index is 9.65. The van der Waals surface area contributed by atoms with Crippen LogP contribution >= 0.6 is 0 Å². The molecule has 4 heteroatoms. The minimum atomic E-state index is -1.10. The van der Waals surface area contributed by atoms with E-state index in [2.05, 4.69) is 0 Å². The van der Waals surface area contributed by atoms with Crippen LogP contribution in [0.25, 0.3) is 0 Å². The third kappa shape index (κ3) is 1.57. The summed E-state index contributed by atoms with van der Waals surface area (Å²) in [6, 6.07) is 6.48. The Kier molecular flexibility index (Phi) is 2.39. The van der Waals surface area contributed by atoms with Crippen LogP contribution in [-0.4, -0.2) is 10.2 Å². The molecule has 2 N–H and O–H groups in total. The average Bonchev–Trinajstić information content (AvgIpc) is 2.87. The lowest BCUT2D eigenvalue weighted by atomic mass is 10.1. The van der Waals surface area contributed by atoms with E-state index in [9.17, 15) is 10.2 Å². The number of rotatable bonds is 3. The monoisotopic (exact) mass is 194 g/mol. The van der Waals surface area contributed by atoms with E-state index >= 15 is 0 Å². The Balaban J connectivity index is 2.16. The van der Waals surface area contributed by atoms with Crippen LogP contribution in [0.4, 0.5) is 0 Å². The van der Waals surface area contributed by atoms with Crippen molar-refractivity contribution < 1.29 is 19.0 Å². The number of aliphatic hydroxyl groups is 2. The normalized spacial score (nSPS) is 15.3. The van der Waals surface area contributed by atoms with Crippen LogP contribution in [-0.2, 0) is 0 Å². The van der Waals surface area contributed by atoms with Crippen molar-refractivity contribution in [2.45, 2.75) is 12.2 Å². The lowest BCUT2D eigenvalue weighted by Gasteiger charge is -2.12. The smallest absolute Gasteiger partial charge is 0.145 e. The van der Waals surface area contributed by atoms with Crippen molar-refractivity contribution >= 4 is 0 Å². The van der Waals surface area contributed by atoms with Crippen molar-refractivity contribution in [1.82, 2.24) is 0 Å². The second-order valence-electron chi connectivity index (χ2n) is 2.92. The van der Waals surface area contributed by atoms with Gasteiger partial charge in [0.2, 0.25) is 0 Å². The zero-order valence-electron chi connectivity index (χ0n) is 7.33. The van der Waals surface area contributed by atoms with Crippen molar-refractivity contribution in [3.8, 4) is 0 Å². The van der Waals surface area contributed by atoms with Gasteiger partial charge >= 0.3 is 0 Å². The summed E-state index contributed by atoms with van der Waals surface area (Å²) >= 11 is 0. The van der Waals surface area contributed by atoms with Gasteiger partial charge in [-0.1, -0.05) is 0 Å². The third-order valence-corrected chi connectivity index (χ3v) is 1.97. The molecule has 0 radical (unpaired) electrons. The summed E-state index contributed by atoms with van der Waals surface area (Å²) < 4.78 is 9.93. The first-order valence-electron chi connectivity index (χ1n) is 4.22. The summed E-state index contributed by atoms with van der Waals surface area (Å²) in [6.07, 6.45) is 0.674. The molecular formula is C10H10O4. The maximum atomic E-state index is 9.65. The van der Waals surface area contributed by atoms with Gasteiger partial charge in [0.15, 0.2) is 0 Å². The second-order valence-corrected chi connectivity index (χ2v) is 2.92. The molecule has 0 amide bonds. The zero-order chi connectivity index (χ0) is 9.97. The molecule has 0 spiro atoms. The van der Waals surface area contributed by atoms with Crippen molar-refractivity contribution in [3.63, 3.8) is 0 Å². The Morgan fingerprint density at radius 3 is 1.57 bits per heavy atom. The Morgan fingerprint density at radius 1 is 0.857 bits per heavy atom. The van der Waals surface area contributed by atoms with Crippen molar-refractivity contribution in [1.29, 1.82) is 0 Å². The summed E-state index contributed by atoms with van der Waals surface area (Å²) in [6.45, 7) is 0. The van der Waals surface area contributed by atoms with Gasteiger partial charge in [0.25, 0.3) is 0 Å². The van der Waals surface area contributed by atoms with Crippen molar-refractivity contribution in [2.75, 3.05) is 0 Å². The lowest BCUT2D eigenvalue weighted by molar-refractivity contribution is -0.00787. The molecule has 2 rings (SSSR count). The van der Waals surface area contributed by atoms with Crippen LogP contribution in [0.2, 0.25) is 0 Å². The molecule has 2 aromatic heterocycles. The minimum Gasteiger partial charge on any atom is -0.466 e. The van der Waals surface area contributed by atoms with Crippen LogP contribution < -0.4 is 0 Å². The fraction of sp³-hybridized carbons (Fsp3) is 0.200. The highest BCUT2D eigenvalue weighted by Crippen LogP contribution is 2.28. The molecule has 0 fully saturated rings. The minimum absolute atomic E-state index is 0.314. The van der Waals surface area contributed by atoms with E-state index in [1.165, 1.54) is 12.5 Å². The Hall–Kier alpha value is -1.52. The predicted octanol–water partition coefficient (Wildman–Crippen LogP) is 1.64. The number of furan rings is 2. The molecule has 2 atom stereocenters. The third-order valence-electron chi connectivity index (χ3n) is 1.97. The highest BCUT2D eigenvalue weighted by molar-refractivity contribution is 5.10. The van der Waals surface area contributed by atoms with E-state index in [-0.39, 0.29) is 0 Å². The molecule has 74 valence electrons. The zero-order valence-corrected chi connectivity index (χ0v) is 7.33. The summed E-state index contributed by atoms with van der Waals surface area (Å²) in [5, 5.41) is 19.3. The van der Waals surface area contributed by atoms with E-state index in [1.807, 2.05) is 0 Å². The van der Waals surface area contributed by atoms with E-state index in [1.54, 1.807) is 24.3 Å². The number of hydrogen-bond acceptors (Lipinski definition) is 4. The molecule has 0 saturated carbocycles. The van der Waals surface area contributed by atoms with Crippen LogP contribution in [0.1, 0.15) is 23.7 Å². The Bertz CT molecular complexity index is 324. The molecule has 0 unspecified atom stereocenters. The summed E-state index contributed by atoms with van der Waals surface area (Å²) in [4.78, 5) is 0. The van der Waals surface area contributed by atoms with Crippen LogP contribution in [0.15, 0.2) is 45.6 Å². The molecule has 4 nitrogen and oxygen atoms in total. The molecule has 14 heavy (non-hydrogen) atoms. The summed E-state index contributed by atoms with van der Waals surface area (Å²) in [7, 11) is 0. The van der Waals surface area contributed by atoms with Gasteiger partial charge in [-0.3, -0.25) is 0 Å². The van der Waals surface area contributed by atoms with E-state index in [4.69, 9.17) is 8.83 Å². The van der Waals surface area contributed by atoms with Gasteiger partial charge in [-0.05, 0) is 24.3 Å². The van der Waals surface area contributed by atoms with Gasteiger partial charge in [0, 0.05) is 0 Å². The fourth-order valence-electron chi connectivity index (χ4n) is 1.23. The van der Waals surface area contributed by atoms with Crippen LogP contribution in [0, 0.1) is 0 Å². The first kappa shape index (κ1) is 9.05. The first-order chi connectivity index (χ1) is 6.79. The van der Waals surface area contributed by atoms with Crippen molar-refractivity contribution in [3.05, 3.63) is 48.3 Å².